The van der Waals surface area contributed by atoms with E-state index in [0.717, 1.165) is 4.47 Å². The van der Waals surface area contributed by atoms with E-state index in [0.29, 0.717) is 28.2 Å². The van der Waals surface area contributed by atoms with Crippen molar-refractivity contribution < 1.29 is 9.21 Å². The minimum absolute atomic E-state index is 0.320. The number of rotatable bonds is 4. The molecule has 1 amide bonds. The Morgan fingerprint density at radius 1 is 1.16 bits per heavy atom. The zero-order chi connectivity index (χ0) is 17.6. The number of hydrazone groups is 1. The number of carbonyl (C=O) groups excluding carboxylic acids is 1. The summed E-state index contributed by atoms with van der Waals surface area (Å²) in [5.74, 6) is 0.716. The van der Waals surface area contributed by atoms with E-state index in [1.54, 1.807) is 42.5 Å². The average molecular weight is 394 g/mol. The molecule has 3 aromatic rings. The molecule has 122 valence electrons. The maximum absolute atomic E-state index is 12.0. The molecular formula is C19H12BrN3O2. The van der Waals surface area contributed by atoms with Crippen molar-refractivity contribution in [3.63, 3.8) is 0 Å². The predicted octanol–water partition coefficient (Wildman–Crippen LogP) is 4.34. The predicted molar refractivity (Wildman–Crippen MR) is 98.1 cm³/mol. The van der Waals surface area contributed by atoms with Gasteiger partial charge in [-0.05, 0) is 42.5 Å². The highest BCUT2D eigenvalue weighted by Gasteiger charge is 2.08. The molecule has 0 spiro atoms. The SMILES string of the molecule is N#Cc1ccccc1-c1ccc(/C=N\NC(=O)c2cccc(Br)c2)o1. The van der Waals surface area contributed by atoms with Crippen LogP contribution in [0.2, 0.25) is 0 Å². The van der Waals surface area contributed by atoms with Gasteiger partial charge in [-0.2, -0.15) is 10.4 Å². The van der Waals surface area contributed by atoms with Crippen molar-refractivity contribution >= 4 is 28.1 Å². The first kappa shape index (κ1) is 16.7. The molecule has 3 rings (SSSR count). The van der Waals surface area contributed by atoms with Crippen LogP contribution < -0.4 is 5.43 Å². The Bertz CT molecular complexity index is 986. The van der Waals surface area contributed by atoms with Crippen molar-refractivity contribution in [1.82, 2.24) is 5.43 Å². The van der Waals surface area contributed by atoms with Crippen LogP contribution in [-0.2, 0) is 0 Å². The smallest absolute Gasteiger partial charge is 0.271 e. The molecule has 0 unspecified atom stereocenters. The molecule has 5 nitrogen and oxygen atoms in total. The second kappa shape index (κ2) is 7.60. The second-order valence-electron chi connectivity index (χ2n) is 5.07. The summed E-state index contributed by atoms with van der Waals surface area (Å²) < 4.78 is 6.48. The van der Waals surface area contributed by atoms with Gasteiger partial charge in [-0.25, -0.2) is 5.43 Å². The second-order valence-corrected chi connectivity index (χ2v) is 5.98. The Balaban J connectivity index is 1.70. The van der Waals surface area contributed by atoms with Gasteiger partial charge in [0.2, 0.25) is 0 Å². The lowest BCUT2D eigenvalue weighted by Crippen LogP contribution is -2.17. The summed E-state index contributed by atoms with van der Waals surface area (Å²) in [6.07, 6.45) is 1.41. The lowest BCUT2D eigenvalue weighted by atomic mass is 10.1. The summed E-state index contributed by atoms with van der Waals surface area (Å²) in [5, 5.41) is 13.0. The van der Waals surface area contributed by atoms with E-state index in [1.807, 2.05) is 18.2 Å². The van der Waals surface area contributed by atoms with Crippen molar-refractivity contribution in [2.24, 2.45) is 5.10 Å². The molecule has 0 fully saturated rings. The maximum Gasteiger partial charge on any atom is 0.271 e. The highest BCUT2D eigenvalue weighted by Crippen LogP contribution is 2.24. The third-order valence-corrected chi connectivity index (χ3v) is 3.88. The molecule has 0 saturated carbocycles. The molecule has 0 aliphatic heterocycles. The molecule has 0 saturated heterocycles. The summed E-state index contributed by atoms with van der Waals surface area (Å²) in [5.41, 5.74) is 4.18. The van der Waals surface area contributed by atoms with Crippen LogP contribution in [0.5, 0.6) is 0 Å². The molecular weight excluding hydrogens is 382 g/mol. The molecule has 25 heavy (non-hydrogen) atoms. The van der Waals surface area contributed by atoms with Gasteiger partial charge >= 0.3 is 0 Å². The van der Waals surface area contributed by atoms with Crippen LogP contribution in [0.15, 0.2) is 74.7 Å². The highest BCUT2D eigenvalue weighted by molar-refractivity contribution is 9.10. The minimum Gasteiger partial charge on any atom is -0.455 e. The van der Waals surface area contributed by atoms with Crippen molar-refractivity contribution in [2.75, 3.05) is 0 Å². The van der Waals surface area contributed by atoms with Gasteiger partial charge in [0.1, 0.15) is 11.5 Å². The number of hydrogen-bond donors (Lipinski definition) is 1. The molecule has 1 heterocycles. The van der Waals surface area contributed by atoms with E-state index in [2.05, 4.69) is 32.5 Å². The first-order chi connectivity index (χ1) is 12.2. The van der Waals surface area contributed by atoms with Crippen molar-refractivity contribution in [3.8, 4) is 17.4 Å². The molecule has 0 radical (unpaired) electrons. The normalized spacial score (nSPS) is 10.6. The molecule has 1 aromatic heterocycles. The Labute approximate surface area is 152 Å². The first-order valence-corrected chi connectivity index (χ1v) is 8.15. The number of amides is 1. The van der Waals surface area contributed by atoms with E-state index in [4.69, 9.17) is 9.68 Å². The van der Waals surface area contributed by atoms with Crippen LogP contribution in [0.3, 0.4) is 0 Å². The number of nitrogens with zero attached hydrogens (tertiary/aromatic N) is 2. The van der Waals surface area contributed by atoms with Crippen LogP contribution >= 0.6 is 15.9 Å². The van der Waals surface area contributed by atoms with Crippen LogP contribution in [0.25, 0.3) is 11.3 Å². The van der Waals surface area contributed by atoms with Gasteiger partial charge in [0, 0.05) is 15.6 Å². The van der Waals surface area contributed by atoms with E-state index in [1.165, 1.54) is 6.21 Å². The summed E-state index contributed by atoms with van der Waals surface area (Å²) >= 11 is 3.32. The maximum atomic E-state index is 12.0. The lowest BCUT2D eigenvalue weighted by molar-refractivity contribution is 0.0955. The van der Waals surface area contributed by atoms with Crippen LogP contribution in [-0.4, -0.2) is 12.1 Å². The van der Waals surface area contributed by atoms with Gasteiger partial charge in [0.05, 0.1) is 17.8 Å². The number of benzene rings is 2. The highest BCUT2D eigenvalue weighted by atomic mass is 79.9. The minimum atomic E-state index is -0.320. The zero-order valence-corrected chi connectivity index (χ0v) is 14.5. The van der Waals surface area contributed by atoms with Crippen molar-refractivity contribution in [2.45, 2.75) is 0 Å². The first-order valence-electron chi connectivity index (χ1n) is 7.35. The average Bonchev–Trinajstić information content (AvgIpc) is 3.10. The third kappa shape index (κ3) is 4.03. The fourth-order valence-electron chi connectivity index (χ4n) is 2.21. The fraction of sp³-hybridized carbons (Fsp3) is 0. The fourth-order valence-corrected chi connectivity index (χ4v) is 2.61. The Morgan fingerprint density at radius 2 is 2.00 bits per heavy atom. The summed E-state index contributed by atoms with van der Waals surface area (Å²) in [7, 11) is 0. The number of nitrogens with one attached hydrogen (secondary N) is 1. The van der Waals surface area contributed by atoms with E-state index < -0.39 is 0 Å². The standard InChI is InChI=1S/C19H12BrN3O2/c20-15-6-3-5-13(10-15)19(24)23-22-12-16-8-9-18(25-16)17-7-2-1-4-14(17)11-21/h1-10,12H,(H,23,24)/b22-12-. The number of carbonyl (C=O) groups is 1. The lowest BCUT2D eigenvalue weighted by Gasteiger charge is -2.00. The van der Waals surface area contributed by atoms with Crippen LogP contribution in [0.4, 0.5) is 0 Å². The summed E-state index contributed by atoms with van der Waals surface area (Å²) in [6, 6.07) is 19.8. The molecule has 2 aromatic carbocycles. The molecule has 0 bridgehead atoms. The summed E-state index contributed by atoms with van der Waals surface area (Å²) in [6.45, 7) is 0. The van der Waals surface area contributed by atoms with Gasteiger partial charge in [-0.1, -0.05) is 34.1 Å². The Hall–Kier alpha value is -3.17. The summed E-state index contributed by atoms with van der Waals surface area (Å²) in [4.78, 5) is 12.0. The van der Waals surface area contributed by atoms with E-state index >= 15 is 0 Å². The van der Waals surface area contributed by atoms with Crippen LogP contribution in [0.1, 0.15) is 21.7 Å². The van der Waals surface area contributed by atoms with Gasteiger partial charge in [-0.3, -0.25) is 4.79 Å². The van der Waals surface area contributed by atoms with Gasteiger partial charge < -0.3 is 4.42 Å². The number of furan rings is 1. The molecule has 1 N–H and O–H groups in total. The monoisotopic (exact) mass is 393 g/mol. The topological polar surface area (TPSA) is 78.4 Å². The van der Waals surface area contributed by atoms with Gasteiger partial charge in [0.15, 0.2) is 0 Å². The zero-order valence-electron chi connectivity index (χ0n) is 12.9. The van der Waals surface area contributed by atoms with Gasteiger partial charge in [0.25, 0.3) is 5.91 Å². The van der Waals surface area contributed by atoms with E-state index in [-0.39, 0.29) is 5.91 Å². The Morgan fingerprint density at radius 3 is 2.80 bits per heavy atom. The molecule has 0 atom stereocenters. The van der Waals surface area contributed by atoms with E-state index in [9.17, 15) is 4.79 Å². The quantitative estimate of drug-likeness (QED) is 0.528. The number of hydrogen-bond acceptors (Lipinski definition) is 4. The van der Waals surface area contributed by atoms with Crippen molar-refractivity contribution in [1.29, 1.82) is 5.26 Å². The molecule has 6 heteroatoms. The molecule has 0 aliphatic rings. The number of halogens is 1. The largest absolute Gasteiger partial charge is 0.455 e. The Kier molecular flexibility index (Phi) is 5.07. The van der Waals surface area contributed by atoms with Crippen molar-refractivity contribution in [3.05, 3.63) is 82.0 Å². The number of nitriles is 1. The van der Waals surface area contributed by atoms with Crippen LogP contribution in [0, 0.1) is 11.3 Å². The molecule has 0 aliphatic carbocycles. The van der Waals surface area contributed by atoms with Gasteiger partial charge in [-0.15, -0.1) is 0 Å². The third-order valence-electron chi connectivity index (χ3n) is 3.38.